The number of sulfonamides is 1. The molecule has 0 amide bonds. The van der Waals surface area contributed by atoms with E-state index in [2.05, 4.69) is 10.3 Å². The van der Waals surface area contributed by atoms with Gasteiger partial charge in [-0.25, -0.2) is 13.4 Å². The summed E-state index contributed by atoms with van der Waals surface area (Å²) in [6, 6.07) is 5.23. The SMILES string of the molecule is CCOc1ncc(Cl)c2c(S(=O)(=O)N3CCC(NC)C3)cccc12. The van der Waals surface area contributed by atoms with E-state index in [-0.39, 0.29) is 10.9 Å². The molecule has 1 atom stereocenters. The molecule has 0 bridgehead atoms. The van der Waals surface area contributed by atoms with E-state index in [4.69, 9.17) is 16.3 Å². The normalized spacial score (nSPS) is 19.0. The fourth-order valence-electron chi connectivity index (χ4n) is 2.99. The Morgan fingerprint density at radius 1 is 1.46 bits per heavy atom. The van der Waals surface area contributed by atoms with Gasteiger partial charge in [0.05, 0.1) is 22.7 Å². The van der Waals surface area contributed by atoms with Crippen LogP contribution in [0.5, 0.6) is 5.88 Å². The van der Waals surface area contributed by atoms with Gasteiger partial charge in [0.1, 0.15) is 0 Å². The van der Waals surface area contributed by atoms with Crippen molar-refractivity contribution >= 4 is 32.4 Å². The minimum atomic E-state index is -3.64. The van der Waals surface area contributed by atoms with Crippen molar-refractivity contribution in [1.82, 2.24) is 14.6 Å². The Labute approximate surface area is 146 Å². The van der Waals surface area contributed by atoms with Crippen LogP contribution in [-0.2, 0) is 10.0 Å². The summed E-state index contributed by atoms with van der Waals surface area (Å²) in [7, 11) is -1.79. The molecule has 8 heteroatoms. The molecule has 1 N–H and O–H groups in total. The van der Waals surface area contributed by atoms with Crippen LogP contribution in [0.25, 0.3) is 10.8 Å². The molecule has 2 heterocycles. The lowest BCUT2D eigenvalue weighted by molar-refractivity contribution is 0.331. The summed E-state index contributed by atoms with van der Waals surface area (Å²) in [4.78, 5) is 4.37. The Morgan fingerprint density at radius 3 is 2.92 bits per heavy atom. The van der Waals surface area contributed by atoms with Crippen LogP contribution >= 0.6 is 11.6 Å². The van der Waals surface area contributed by atoms with Crippen LogP contribution in [0, 0.1) is 0 Å². The van der Waals surface area contributed by atoms with E-state index in [1.54, 1.807) is 18.2 Å². The van der Waals surface area contributed by atoms with E-state index in [1.165, 1.54) is 10.5 Å². The van der Waals surface area contributed by atoms with E-state index in [0.717, 1.165) is 6.42 Å². The summed E-state index contributed by atoms with van der Waals surface area (Å²) >= 11 is 6.29. The zero-order valence-electron chi connectivity index (χ0n) is 13.6. The maximum absolute atomic E-state index is 13.1. The Balaban J connectivity index is 2.14. The molecule has 0 aliphatic carbocycles. The van der Waals surface area contributed by atoms with Crippen LogP contribution < -0.4 is 10.1 Å². The number of aromatic nitrogens is 1. The molecule has 130 valence electrons. The fraction of sp³-hybridized carbons (Fsp3) is 0.438. The highest BCUT2D eigenvalue weighted by Crippen LogP contribution is 2.36. The highest BCUT2D eigenvalue weighted by Gasteiger charge is 2.33. The molecule has 0 radical (unpaired) electrons. The zero-order chi connectivity index (χ0) is 17.3. The number of nitrogens with zero attached hydrogens (tertiary/aromatic N) is 2. The Hall–Kier alpha value is -1.41. The van der Waals surface area contributed by atoms with Gasteiger partial charge in [-0.3, -0.25) is 0 Å². The number of hydrogen-bond donors (Lipinski definition) is 1. The number of rotatable bonds is 5. The third kappa shape index (κ3) is 2.97. The molecule has 1 aromatic heterocycles. The molecule has 1 unspecified atom stereocenters. The molecule has 24 heavy (non-hydrogen) atoms. The topological polar surface area (TPSA) is 71.5 Å². The number of pyridine rings is 1. The lowest BCUT2D eigenvalue weighted by atomic mass is 10.2. The van der Waals surface area contributed by atoms with Gasteiger partial charge in [0, 0.05) is 29.9 Å². The van der Waals surface area contributed by atoms with Gasteiger partial charge in [0.2, 0.25) is 15.9 Å². The maximum Gasteiger partial charge on any atom is 0.243 e. The fourth-order valence-corrected chi connectivity index (χ4v) is 5.03. The van der Waals surface area contributed by atoms with E-state index in [0.29, 0.717) is 41.4 Å². The molecular formula is C16H20ClN3O3S. The highest BCUT2D eigenvalue weighted by atomic mass is 35.5. The van der Waals surface area contributed by atoms with Crippen molar-refractivity contribution in [3.05, 3.63) is 29.4 Å². The second-order valence-corrected chi connectivity index (χ2v) is 7.97. The molecule has 6 nitrogen and oxygen atoms in total. The number of likely N-dealkylation sites (N-methyl/N-ethyl adjacent to an activating group) is 1. The van der Waals surface area contributed by atoms with Gasteiger partial charge in [0.25, 0.3) is 0 Å². The maximum atomic E-state index is 13.1. The standard InChI is InChI=1S/C16H20ClN3O3S/c1-3-23-16-12-5-4-6-14(15(12)13(17)9-19-16)24(21,22)20-8-7-11(10-20)18-2/h4-6,9,11,18H,3,7-8,10H2,1-2H3. The molecule has 1 aliphatic heterocycles. The lowest BCUT2D eigenvalue weighted by Crippen LogP contribution is -2.33. The number of nitrogens with one attached hydrogen (secondary N) is 1. The molecule has 0 saturated carbocycles. The third-order valence-electron chi connectivity index (χ3n) is 4.25. The van der Waals surface area contributed by atoms with Crippen molar-refractivity contribution in [2.75, 3.05) is 26.7 Å². The Bertz CT molecular complexity index is 857. The van der Waals surface area contributed by atoms with Crippen molar-refractivity contribution in [3.63, 3.8) is 0 Å². The van der Waals surface area contributed by atoms with Crippen LogP contribution in [-0.4, -0.2) is 50.5 Å². The van der Waals surface area contributed by atoms with E-state index >= 15 is 0 Å². The summed E-state index contributed by atoms with van der Waals surface area (Å²) in [5.74, 6) is 0.392. The number of benzene rings is 1. The number of hydrogen-bond acceptors (Lipinski definition) is 5. The summed E-state index contributed by atoms with van der Waals surface area (Å²) in [5.41, 5.74) is 0. The highest BCUT2D eigenvalue weighted by molar-refractivity contribution is 7.89. The average molecular weight is 370 g/mol. The number of ether oxygens (including phenoxy) is 1. The predicted molar refractivity (Wildman–Crippen MR) is 94.1 cm³/mol. The van der Waals surface area contributed by atoms with Crippen molar-refractivity contribution in [2.45, 2.75) is 24.3 Å². The second-order valence-electron chi connectivity index (χ2n) is 5.66. The minimum absolute atomic E-state index is 0.172. The van der Waals surface area contributed by atoms with Crippen LogP contribution in [0.4, 0.5) is 0 Å². The number of fused-ring (bicyclic) bond motifs is 1. The first-order valence-electron chi connectivity index (χ1n) is 7.86. The van der Waals surface area contributed by atoms with Gasteiger partial charge in [-0.1, -0.05) is 17.7 Å². The van der Waals surface area contributed by atoms with Crippen LogP contribution in [0.15, 0.2) is 29.3 Å². The van der Waals surface area contributed by atoms with Crippen molar-refractivity contribution in [2.24, 2.45) is 0 Å². The van der Waals surface area contributed by atoms with Crippen LogP contribution in [0.2, 0.25) is 5.02 Å². The first kappa shape index (κ1) is 17.4. The smallest absolute Gasteiger partial charge is 0.243 e. The zero-order valence-corrected chi connectivity index (χ0v) is 15.2. The van der Waals surface area contributed by atoms with E-state index < -0.39 is 10.0 Å². The quantitative estimate of drug-likeness (QED) is 0.875. The first-order valence-corrected chi connectivity index (χ1v) is 9.68. The summed E-state index contributed by atoms with van der Waals surface area (Å²) in [6.07, 6.45) is 2.23. The molecular weight excluding hydrogens is 350 g/mol. The molecule has 1 saturated heterocycles. The van der Waals surface area contributed by atoms with Gasteiger partial charge < -0.3 is 10.1 Å². The monoisotopic (exact) mass is 369 g/mol. The van der Waals surface area contributed by atoms with Gasteiger partial charge in [-0.2, -0.15) is 4.31 Å². The van der Waals surface area contributed by atoms with Gasteiger partial charge in [0.15, 0.2) is 0 Å². The lowest BCUT2D eigenvalue weighted by Gasteiger charge is -2.19. The van der Waals surface area contributed by atoms with Gasteiger partial charge in [-0.05, 0) is 32.5 Å². The average Bonchev–Trinajstić information content (AvgIpc) is 3.07. The molecule has 0 spiro atoms. The predicted octanol–water partition coefficient (Wildman–Crippen LogP) is 2.27. The van der Waals surface area contributed by atoms with Crippen molar-refractivity contribution in [3.8, 4) is 5.88 Å². The van der Waals surface area contributed by atoms with Crippen LogP contribution in [0.3, 0.4) is 0 Å². The van der Waals surface area contributed by atoms with Crippen LogP contribution in [0.1, 0.15) is 13.3 Å². The summed E-state index contributed by atoms with van der Waals surface area (Å²) < 4.78 is 33.2. The van der Waals surface area contributed by atoms with Crippen molar-refractivity contribution in [1.29, 1.82) is 0 Å². The van der Waals surface area contributed by atoms with Crippen molar-refractivity contribution < 1.29 is 13.2 Å². The second kappa shape index (κ2) is 6.84. The van der Waals surface area contributed by atoms with Gasteiger partial charge >= 0.3 is 0 Å². The van der Waals surface area contributed by atoms with Gasteiger partial charge in [-0.15, -0.1) is 0 Å². The summed E-state index contributed by atoms with van der Waals surface area (Å²) in [6.45, 7) is 3.24. The molecule has 1 fully saturated rings. The van der Waals surface area contributed by atoms with E-state index in [1.807, 2.05) is 14.0 Å². The minimum Gasteiger partial charge on any atom is -0.478 e. The Kier molecular flexibility index (Phi) is 4.96. The third-order valence-corrected chi connectivity index (χ3v) is 6.44. The molecule has 3 rings (SSSR count). The molecule has 1 aliphatic rings. The Morgan fingerprint density at radius 2 is 2.25 bits per heavy atom. The van der Waals surface area contributed by atoms with E-state index in [9.17, 15) is 8.42 Å². The molecule has 1 aromatic carbocycles. The summed E-state index contributed by atoms with van der Waals surface area (Å²) in [5, 5.41) is 4.50. The molecule has 2 aromatic rings. The number of halogens is 1. The largest absolute Gasteiger partial charge is 0.478 e. The first-order chi connectivity index (χ1) is 11.5.